The summed E-state index contributed by atoms with van der Waals surface area (Å²) in [5, 5.41) is 11.5. The van der Waals surface area contributed by atoms with Crippen molar-refractivity contribution in [1.82, 2.24) is 0 Å². The molecule has 2 aromatic rings. The second-order valence-corrected chi connectivity index (χ2v) is 6.67. The molecule has 0 N–H and O–H groups in total. The number of rotatable bonds is 5. The summed E-state index contributed by atoms with van der Waals surface area (Å²) in [4.78, 5) is 25.1. The molecular formula is C21H19ClN2O4. The van der Waals surface area contributed by atoms with E-state index in [-0.39, 0.29) is 18.2 Å². The van der Waals surface area contributed by atoms with Gasteiger partial charge in [0.25, 0.3) is 5.69 Å². The average Bonchev–Trinajstić information content (AvgIpc) is 2.68. The Morgan fingerprint density at radius 1 is 1.18 bits per heavy atom. The van der Waals surface area contributed by atoms with Crippen molar-refractivity contribution in [3.63, 3.8) is 0 Å². The number of anilines is 1. The Morgan fingerprint density at radius 2 is 1.82 bits per heavy atom. The van der Waals surface area contributed by atoms with Crippen molar-refractivity contribution in [2.75, 3.05) is 11.5 Å². The van der Waals surface area contributed by atoms with Gasteiger partial charge in [-0.3, -0.25) is 10.1 Å². The maximum absolute atomic E-state index is 12.7. The standard InChI is InChI=1S/C21H19ClN2O4/c1-3-28-21(25)20-14(2)23(17-10-6-16(22)7-11-17)13-12-19(20)15-4-8-18(9-5-15)24(26)27/h4-13,19H,3H2,1-2H3/t19-/m1/s1. The number of hydrogen-bond donors (Lipinski definition) is 0. The lowest BCUT2D eigenvalue weighted by atomic mass is 9.87. The number of benzene rings is 2. The van der Waals surface area contributed by atoms with Crippen molar-refractivity contribution in [2.24, 2.45) is 0 Å². The van der Waals surface area contributed by atoms with Crippen molar-refractivity contribution < 1.29 is 14.5 Å². The molecular weight excluding hydrogens is 380 g/mol. The molecule has 0 fully saturated rings. The van der Waals surface area contributed by atoms with Crippen molar-refractivity contribution in [3.05, 3.63) is 92.8 Å². The highest BCUT2D eigenvalue weighted by Gasteiger charge is 2.30. The molecule has 0 aliphatic carbocycles. The Balaban J connectivity index is 2.03. The average molecular weight is 399 g/mol. The van der Waals surface area contributed by atoms with Crippen LogP contribution in [0.25, 0.3) is 0 Å². The number of non-ortho nitro benzene ring substituents is 1. The van der Waals surface area contributed by atoms with Crippen LogP contribution in [0.2, 0.25) is 5.02 Å². The van der Waals surface area contributed by atoms with Crippen LogP contribution in [0.15, 0.2) is 72.1 Å². The van der Waals surface area contributed by atoms with Crippen molar-refractivity contribution in [2.45, 2.75) is 19.8 Å². The molecule has 0 radical (unpaired) electrons. The molecule has 0 aromatic heterocycles. The van der Waals surface area contributed by atoms with Gasteiger partial charge in [0.1, 0.15) is 0 Å². The van der Waals surface area contributed by atoms with E-state index in [9.17, 15) is 14.9 Å². The quantitative estimate of drug-likeness (QED) is 0.393. The molecule has 1 atom stereocenters. The maximum Gasteiger partial charge on any atom is 0.336 e. The van der Waals surface area contributed by atoms with Gasteiger partial charge in [0.2, 0.25) is 0 Å². The Hall–Kier alpha value is -3.12. The number of halogens is 1. The Labute approximate surface area is 167 Å². The summed E-state index contributed by atoms with van der Waals surface area (Å²) in [7, 11) is 0. The molecule has 1 heterocycles. The largest absolute Gasteiger partial charge is 0.463 e. The molecule has 6 nitrogen and oxygen atoms in total. The number of nitro benzene ring substituents is 1. The Kier molecular flexibility index (Phi) is 5.80. The molecule has 3 rings (SSSR count). The van der Waals surface area contributed by atoms with Gasteiger partial charge >= 0.3 is 5.97 Å². The smallest absolute Gasteiger partial charge is 0.336 e. The van der Waals surface area contributed by atoms with E-state index in [4.69, 9.17) is 16.3 Å². The van der Waals surface area contributed by atoms with Gasteiger partial charge in [0, 0.05) is 40.7 Å². The third-order valence-corrected chi connectivity index (χ3v) is 4.80. The van der Waals surface area contributed by atoms with Crippen molar-refractivity contribution in [3.8, 4) is 0 Å². The van der Waals surface area contributed by atoms with Gasteiger partial charge in [-0.2, -0.15) is 0 Å². The second-order valence-electron chi connectivity index (χ2n) is 6.23. The molecule has 0 saturated carbocycles. The number of carbonyl (C=O) groups excluding carboxylic acids is 1. The fourth-order valence-corrected chi connectivity index (χ4v) is 3.31. The van der Waals surface area contributed by atoms with E-state index in [1.807, 2.05) is 36.2 Å². The molecule has 0 bridgehead atoms. The number of allylic oxidation sites excluding steroid dienone is 2. The number of nitro groups is 1. The van der Waals surface area contributed by atoms with E-state index < -0.39 is 10.9 Å². The lowest BCUT2D eigenvalue weighted by Crippen LogP contribution is -2.26. The van der Waals surface area contributed by atoms with Crippen LogP contribution in [-0.2, 0) is 9.53 Å². The number of nitrogens with zero attached hydrogens (tertiary/aromatic N) is 2. The summed E-state index contributed by atoms with van der Waals surface area (Å²) in [6.45, 7) is 3.86. The van der Waals surface area contributed by atoms with E-state index in [1.54, 1.807) is 31.2 Å². The maximum atomic E-state index is 12.7. The van der Waals surface area contributed by atoms with E-state index in [1.165, 1.54) is 12.1 Å². The highest BCUT2D eigenvalue weighted by Crippen LogP contribution is 2.37. The van der Waals surface area contributed by atoms with Gasteiger partial charge in [-0.05, 0) is 43.7 Å². The number of ether oxygens (including phenoxy) is 1. The third-order valence-electron chi connectivity index (χ3n) is 4.55. The molecule has 0 spiro atoms. The number of hydrogen-bond acceptors (Lipinski definition) is 5. The lowest BCUT2D eigenvalue weighted by molar-refractivity contribution is -0.384. The van der Waals surface area contributed by atoms with Crippen LogP contribution in [0.5, 0.6) is 0 Å². The molecule has 0 unspecified atom stereocenters. The minimum absolute atomic E-state index is 0.00437. The summed E-state index contributed by atoms with van der Waals surface area (Å²) in [5.41, 5.74) is 2.87. The van der Waals surface area contributed by atoms with Crippen LogP contribution < -0.4 is 4.90 Å². The summed E-state index contributed by atoms with van der Waals surface area (Å²) in [6.07, 6.45) is 3.77. The highest BCUT2D eigenvalue weighted by atomic mass is 35.5. The van der Waals surface area contributed by atoms with E-state index in [2.05, 4.69) is 0 Å². The normalized spacial score (nSPS) is 16.2. The first-order chi connectivity index (χ1) is 13.4. The molecule has 144 valence electrons. The van der Waals surface area contributed by atoms with E-state index >= 15 is 0 Å². The Morgan fingerprint density at radius 3 is 2.39 bits per heavy atom. The first-order valence-corrected chi connectivity index (χ1v) is 9.15. The minimum Gasteiger partial charge on any atom is -0.463 e. The van der Waals surface area contributed by atoms with Crippen LogP contribution in [0.3, 0.4) is 0 Å². The first-order valence-electron chi connectivity index (χ1n) is 8.77. The summed E-state index contributed by atoms with van der Waals surface area (Å²) in [6, 6.07) is 13.5. The van der Waals surface area contributed by atoms with Crippen LogP contribution in [0.1, 0.15) is 25.3 Å². The fourth-order valence-electron chi connectivity index (χ4n) is 3.18. The van der Waals surface area contributed by atoms with Gasteiger partial charge in [0.05, 0.1) is 17.1 Å². The van der Waals surface area contributed by atoms with Gasteiger partial charge in [-0.25, -0.2) is 4.79 Å². The van der Waals surface area contributed by atoms with Crippen molar-refractivity contribution >= 4 is 28.9 Å². The predicted octanol–water partition coefficient (Wildman–Crippen LogP) is 5.20. The minimum atomic E-state index is -0.448. The van der Waals surface area contributed by atoms with Crippen LogP contribution in [0, 0.1) is 10.1 Å². The molecule has 2 aromatic carbocycles. The molecule has 1 aliphatic rings. The number of esters is 1. The topological polar surface area (TPSA) is 72.7 Å². The van der Waals surface area contributed by atoms with Gasteiger partial charge < -0.3 is 9.64 Å². The SMILES string of the molecule is CCOC(=O)C1=C(C)N(c2ccc(Cl)cc2)C=C[C@@H]1c1ccc([N+](=O)[O-])cc1. The van der Waals surface area contributed by atoms with Crippen LogP contribution in [0.4, 0.5) is 11.4 Å². The molecule has 28 heavy (non-hydrogen) atoms. The van der Waals surface area contributed by atoms with Gasteiger partial charge in [0.15, 0.2) is 0 Å². The molecule has 7 heteroatoms. The monoisotopic (exact) mass is 398 g/mol. The van der Waals surface area contributed by atoms with Crippen LogP contribution >= 0.6 is 11.6 Å². The Bertz CT molecular complexity index is 949. The molecule has 1 aliphatic heterocycles. The lowest BCUT2D eigenvalue weighted by Gasteiger charge is -2.31. The summed E-state index contributed by atoms with van der Waals surface area (Å²) in [5.74, 6) is -0.768. The highest BCUT2D eigenvalue weighted by molar-refractivity contribution is 6.30. The zero-order chi connectivity index (χ0) is 20.3. The zero-order valence-corrected chi connectivity index (χ0v) is 16.2. The van der Waals surface area contributed by atoms with Crippen molar-refractivity contribution in [1.29, 1.82) is 0 Å². The fraction of sp³-hybridized carbons (Fsp3) is 0.190. The predicted molar refractivity (Wildman–Crippen MR) is 108 cm³/mol. The van der Waals surface area contributed by atoms with Gasteiger partial charge in [-0.15, -0.1) is 0 Å². The summed E-state index contributed by atoms with van der Waals surface area (Å²) < 4.78 is 5.28. The molecule has 0 amide bonds. The van der Waals surface area contributed by atoms with Crippen LogP contribution in [-0.4, -0.2) is 17.5 Å². The summed E-state index contributed by atoms with van der Waals surface area (Å²) >= 11 is 5.97. The second kappa shape index (κ2) is 8.27. The zero-order valence-electron chi connectivity index (χ0n) is 15.5. The van der Waals surface area contributed by atoms with Gasteiger partial charge in [-0.1, -0.05) is 29.8 Å². The van der Waals surface area contributed by atoms with E-state index in [0.717, 1.165) is 16.9 Å². The number of carbonyl (C=O) groups is 1. The van der Waals surface area contributed by atoms with E-state index in [0.29, 0.717) is 10.6 Å². The third kappa shape index (κ3) is 3.92. The first kappa shape index (κ1) is 19.6. The molecule has 0 saturated heterocycles.